The molecule has 1 amide bonds. The summed E-state index contributed by atoms with van der Waals surface area (Å²) in [7, 11) is 1.57. The van der Waals surface area contributed by atoms with Gasteiger partial charge in [0.25, 0.3) is 11.5 Å². The molecular weight excluding hydrogens is 458 g/mol. The molecule has 3 aliphatic rings. The molecule has 190 valence electrons. The lowest BCUT2D eigenvalue weighted by atomic mass is 9.91. The average Bonchev–Trinajstić information content (AvgIpc) is 2.85. The number of methoxy groups -OCH3 is 1. The van der Waals surface area contributed by atoms with Gasteiger partial charge in [-0.3, -0.25) is 9.59 Å². The van der Waals surface area contributed by atoms with Crippen LogP contribution in [0.1, 0.15) is 49.0 Å². The van der Waals surface area contributed by atoms with Crippen LogP contribution in [-0.4, -0.2) is 63.7 Å². The first-order chi connectivity index (χ1) is 17.4. The van der Waals surface area contributed by atoms with Crippen molar-refractivity contribution in [2.45, 2.75) is 57.8 Å². The molecule has 2 aromatic heterocycles. The minimum Gasteiger partial charge on any atom is -0.496 e. The van der Waals surface area contributed by atoms with Crippen LogP contribution >= 0.6 is 0 Å². The Morgan fingerprint density at radius 3 is 2.72 bits per heavy atom. The van der Waals surface area contributed by atoms with E-state index in [1.165, 1.54) is 0 Å². The predicted octanol–water partition coefficient (Wildman–Crippen LogP) is 2.22. The topological polar surface area (TPSA) is 127 Å². The second-order valence-electron chi connectivity index (χ2n) is 9.81. The van der Waals surface area contributed by atoms with Crippen LogP contribution in [0, 0.1) is 0 Å². The van der Waals surface area contributed by atoms with Crippen molar-refractivity contribution in [1.29, 1.82) is 0 Å². The van der Waals surface area contributed by atoms with Gasteiger partial charge in [0.1, 0.15) is 17.0 Å². The summed E-state index contributed by atoms with van der Waals surface area (Å²) in [6, 6.07) is 8.13. The van der Waals surface area contributed by atoms with Crippen LogP contribution in [0.3, 0.4) is 0 Å². The second kappa shape index (κ2) is 9.77. The number of hydrogen-bond donors (Lipinski definition) is 3. The lowest BCUT2D eigenvalue weighted by Gasteiger charge is -2.48. The molecule has 10 nitrogen and oxygen atoms in total. The van der Waals surface area contributed by atoms with Gasteiger partial charge in [0, 0.05) is 48.5 Å². The van der Waals surface area contributed by atoms with Crippen molar-refractivity contribution in [3.8, 4) is 5.75 Å². The van der Waals surface area contributed by atoms with E-state index in [2.05, 4.69) is 27.5 Å². The quantitative estimate of drug-likeness (QED) is 0.438. The van der Waals surface area contributed by atoms with Crippen molar-refractivity contribution in [2.75, 3.05) is 31.2 Å². The predicted molar refractivity (Wildman–Crippen MR) is 140 cm³/mol. The minimum atomic E-state index is -0.221. The van der Waals surface area contributed by atoms with Crippen molar-refractivity contribution in [3.63, 3.8) is 0 Å². The van der Waals surface area contributed by atoms with Crippen LogP contribution in [0.15, 0.2) is 35.3 Å². The van der Waals surface area contributed by atoms with Crippen LogP contribution in [0.25, 0.3) is 10.9 Å². The van der Waals surface area contributed by atoms with Crippen molar-refractivity contribution < 1.29 is 9.53 Å². The Morgan fingerprint density at radius 2 is 2.03 bits per heavy atom. The van der Waals surface area contributed by atoms with Crippen LogP contribution in [0.5, 0.6) is 5.75 Å². The van der Waals surface area contributed by atoms with Gasteiger partial charge >= 0.3 is 0 Å². The Bertz CT molecular complexity index is 1340. The van der Waals surface area contributed by atoms with Crippen LogP contribution in [0.4, 0.5) is 11.8 Å². The van der Waals surface area contributed by atoms with Crippen LogP contribution < -0.4 is 26.7 Å². The highest BCUT2D eigenvalue weighted by atomic mass is 16.5. The summed E-state index contributed by atoms with van der Waals surface area (Å²) in [6.45, 7) is 5.89. The Kier molecular flexibility index (Phi) is 6.53. The SMILES string of the molecule is CCCC(C)Nc1nc(N)nc2ccn(Cc3ccc(C(=O)N4CC5CC(C4)N5)cc3OC)c(=O)c12. The number of benzene rings is 1. The molecule has 0 spiro atoms. The number of carbonyl (C=O) groups excluding carboxylic acids is 1. The number of nitrogens with one attached hydrogen (secondary N) is 2. The third-order valence-electron chi connectivity index (χ3n) is 7.03. The van der Waals surface area contributed by atoms with Gasteiger partial charge in [-0.05, 0) is 38.0 Å². The molecule has 10 heteroatoms. The Balaban J connectivity index is 1.43. The van der Waals surface area contributed by atoms with Crippen molar-refractivity contribution in [2.24, 2.45) is 0 Å². The molecule has 4 N–H and O–H groups in total. The highest BCUT2D eigenvalue weighted by molar-refractivity contribution is 5.95. The summed E-state index contributed by atoms with van der Waals surface area (Å²) in [5, 5.41) is 7.17. The zero-order valence-corrected chi connectivity index (χ0v) is 21.0. The standard InChI is InChI=1S/C26H33N7O3/c1-4-5-15(2)28-23-22-20(30-26(27)31-23)8-9-32(25(22)35)12-17-7-6-16(10-21(17)36-3)24(34)33-13-18-11-19(14-33)29-18/h6-10,15,18-19,29H,4-5,11-14H2,1-3H3,(H3,27,28,30,31). The number of amides is 1. The van der Waals surface area contributed by atoms with E-state index in [1.54, 1.807) is 30.0 Å². The molecule has 0 saturated carbocycles. The highest BCUT2D eigenvalue weighted by Gasteiger charge is 2.38. The summed E-state index contributed by atoms with van der Waals surface area (Å²) in [6.07, 6.45) is 4.77. The highest BCUT2D eigenvalue weighted by Crippen LogP contribution is 2.26. The maximum absolute atomic E-state index is 13.5. The van der Waals surface area contributed by atoms with Crippen LogP contribution in [0.2, 0.25) is 0 Å². The lowest BCUT2D eigenvalue weighted by molar-refractivity contribution is 0.0473. The molecule has 5 heterocycles. The lowest BCUT2D eigenvalue weighted by Crippen LogP contribution is -2.67. The van der Waals surface area contributed by atoms with E-state index in [9.17, 15) is 9.59 Å². The van der Waals surface area contributed by atoms with Gasteiger partial charge in [0.15, 0.2) is 0 Å². The fourth-order valence-corrected chi connectivity index (χ4v) is 5.22. The molecule has 1 aromatic carbocycles. The van der Waals surface area contributed by atoms with Crippen LogP contribution in [-0.2, 0) is 6.54 Å². The fraction of sp³-hybridized carbons (Fsp3) is 0.462. The number of pyridine rings is 1. The molecule has 0 radical (unpaired) electrons. The largest absolute Gasteiger partial charge is 0.496 e. The van der Waals surface area contributed by atoms with E-state index in [0.29, 0.717) is 40.1 Å². The van der Waals surface area contributed by atoms with E-state index < -0.39 is 0 Å². The average molecular weight is 492 g/mol. The summed E-state index contributed by atoms with van der Waals surface area (Å²) >= 11 is 0. The van der Waals surface area contributed by atoms with Gasteiger partial charge in [-0.2, -0.15) is 4.98 Å². The Morgan fingerprint density at radius 1 is 1.28 bits per heavy atom. The smallest absolute Gasteiger partial charge is 0.264 e. The first-order valence-corrected chi connectivity index (χ1v) is 12.5. The number of ether oxygens (including phenoxy) is 1. The molecular formula is C26H33N7O3. The number of nitrogens with two attached hydrogens (primary N) is 1. The molecule has 6 rings (SSSR count). The minimum absolute atomic E-state index is 0.00516. The van der Waals surface area contributed by atoms with E-state index in [4.69, 9.17) is 10.5 Å². The number of piperidine rings is 1. The molecule has 2 bridgehead atoms. The number of rotatable bonds is 8. The number of aromatic nitrogens is 3. The van der Waals surface area contributed by atoms with Gasteiger partial charge in [-0.15, -0.1) is 0 Å². The van der Waals surface area contributed by atoms with E-state index in [0.717, 1.165) is 37.9 Å². The molecule has 3 atom stereocenters. The van der Waals surface area contributed by atoms with Gasteiger partial charge in [0.2, 0.25) is 5.95 Å². The third kappa shape index (κ3) is 4.60. The zero-order chi connectivity index (χ0) is 25.4. The first kappa shape index (κ1) is 24.1. The third-order valence-corrected chi connectivity index (χ3v) is 7.03. The summed E-state index contributed by atoms with van der Waals surface area (Å²) in [5.41, 5.74) is 7.56. The van der Waals surface area contributed by atoms with Crippen molar-refractivity contribution in [1.82, 2.24) is 24.8 Å². The Labute approximate surface area is 209 Å². The number of fused-ring (bicyclic) bond motifs is 3. The monoisotopic (exact) mass is 491 g/mol. The van der Waals surface area contributed by atoms with Crippen molar-refractivity contribution >= 4 is 28.6 Å². The number of hydrogen-bond acceptors (Lipinski definition) is 8. The number of nitrogens with zero attached hydrogens (tertiary/aromatic N) is 4. The molecule has 3 saturated heterocycles. The number of carbonyl (C=O) groups is 1. The molecule has 3 aliphatic heterocycles. The Hall–Kier alpha value is -3.66. The van der Waals surface area contributed by atoms with Gasteiger partial charge in [0.05, 0.1) is 19.2 Å². The number of anilines is 2. The van der Waals surface area contributed by atoms with Gasteiger partial charge in [-0.1, -0.05) is 19.4 Å². The number of nitrogen functional groups attached to an aromatic ring is 1. The van der Waals surface area contributed by atoms with Gasteiger partial charge in [-0.25, -0.2) is 4.98 Å². The zero-order valence-electron chi connectivity index (χ0n) is 21.0. The van der Waals surface area contributed by atoms with E-state index in [-0.39, 0.29) is 30.0 Å². The molecule has 0 aliphatic carbocycles. The maximum atomic E-state index is 13.5. The molecule has 36 heavy (non-hydrogen) atoms. The summed E-state index contributed by atoms with van der Waals surface area (Å²) in [4.78, 5) is 37.1. The molecule has 3 unspecified atom stereocenters. The maximum Gasteiger partial charge on any atom is 0.264 e. The van der Waals surface area contributed by atoms with E-state index >= 15 is 0 Å². The first-order valence-electron chi connectivity index (χ1n) is 12.5. The van der Waals surface area contributed by atoms with E-state index in [1.807, 2.05) is 24.0 Å². The fourth-order valence-electron chi connectivity index (χ4n) is 5.22. The molecule has 3 aromatic rings. The second-order valence-corrected chi connectivity index (χ2v) is 9.81. The normalized spacial score (nSPS) is 19.6. The molecule has 3 fully saturated rings. The van der Waals surface area contributed by atoms with Gasteiger partial charge < -0.3 is 30.6 Å². The number of piperazine rings is 1. The van der Waals surface area contributed by atoms with Crippen molar-refractivity contribution in [3.05, 3.63) is 51.9 Å². The summed E-state index contributed by atoms with van der Waals surface area (Å²) in [5.74, 6) is 1.14. The summed E-state index contributed by atoms with van der Waals surface area (Å²) < 4.78 is 7.22.